The quantitative estimate of drug-likeness (QED) is 0.778. The molecule has 0 unspecified atom stereocenters. The number of aromatic amines is 1. The molecule has 0 saturated carbocycles. The van der Waals surface area contributed by atoms with Gasteiger partial charge in [0.05, 0.1) is 5.69 Å². The number of nitrogens with two attached hydrogens (primary N) is 1. The van der Waals surface area contributed by atoms with Crippen LogP contribution in [0.3, 0.4) is 0 Å². The zero-order chi connectivity index (χ0) is 8.55. The van der Waals surface area contributed by atoms with E-state index in [4.69, 9.17) is 5.73 Å². The highest BCUT2D eigenvalue weighted by Gasteiger charge is 2.04. The van der Waals surface area contributed by atoms with Crippen LogP contribution in [0.2, 0.25) is 0 Å². The van der Waals surface area contributed by atoms with Gasteiger partial charge in [0.1, 0.15) is 5.52 Å². The van der Waals surface area contributed by atoms with Crippen LogP contribution in [0.1, 0.15) is 5.69 Å². The molecule has 0 amide bonds. The summed E-state index contributed by atoms with van der Waals surface area (Å²) < 4.78 is 0.996. The summed E-state index contributed by atoms with van der Waals surface area (Å²) in [5.41, 5.74) is 7.44. The van der Waals surface area contributed by atoms with Crippen LogP contribution >= 0.6 is 15.9 Å². The molecule has 0 spiro atoms. The lowest BCUT2D eigenvalue weighted by molar-refractivity contribution is 0.958. The van der Waals surface area contributed by atoms with Crippen molar-refractivity contribution in [3.8, 4) is 0 Å². The summed E-state index contributed by atoms with van der Waals surface area (Å²) in [7, 11) is 0. The van der Waals surface area contributed by atoms with E-state index in [2.05, 4.69) is 26.1 Å². The SMILES string of the molecule is NCc1[nH]nc2c(Br)cccc12. The van der Waals surface area contributed by atoms with Gasteiger partial charge >= 0.3 is 0 Å². The Morgan fingerprint density at radius 3 is 3.08 bits per heavy atom. The molecule has 1 heterocycles. The standard InChI is InChI=1S/C8H8BrN3/c9-6-3-1-2-5-7(4-10)11-12-8(5)6/h1-3H,4,10H2,(H,11,12). The van der Waals surface area contributed by atoms with Crippen LogP contribution in [0.5, 0.6) is 0 Å². The average molecular weight is 226 g/mol. The van der Waals surface area contributed by atoms with Crippen molar-refractivity contribution in [3.05, 3.63) is 28.4 Å². The second kappa shape index (κ2) is 2.88. The number of halogens is 1. The molecule has 1 aromatic carbocycles. The van der Waals surface area contributed by atoms with E-state index in [1.807, 2.05) is 18.2 Å². The van der Waals surface area contributed by atoms with Crippen molar-refractivity contribution in [2.45, 2.75) is 6.54 Å². The Hall–Kier alpha value is -0.870. The molecule has 62 valence electrons. The van der Waals surface area contributed by atoms with Crippen LogP contribution < -0.4 is 5.73 Å². The molecule has 0 atom stereocenters. The van der Waals surface area contributed by atoms with Crippen LogP contribution in [0.15, 0.2) is 22.7 Å². The minimum Gasteiger partial charge on any atom is -0.325 e. The maximum Gasteiger partial charge on any atom is 0.107 e. The van der Waals surface area contributed by atoms with Gasteiger partial charge in [-0.15, -0.1) is 0 Å². The molecule has 0 bridgehead atoms. The zero-order valence-electron chi connectivity index (χ0n) is 6.34. The van der Waals surface area contributed by atoms with Gasteiger partial charge in [0.25, 0.3) is 0 Å². The number of nitrogens with zero attached hydrogens (tertiary/aromatic N) is 1. The molecule has 0 aliphatic rings. The molecule has 3 N–H and O–H groups in total. The summed E-state index contributed by atoms with van der Waals surface area (Å²) in [6, 6.07) is 5.94. The minimum absolute atomic E-state index is 0.493. The van der Waals surface area contributed by atoms with E-state index in [0.717, 1.165) is 21.1 Å². The zero-order valence-corrected chi connectivity index (χ0v) is 7.93. The molecular formula is C8H8BrN3. The number of aromatic nitrogens is 2. The largest absolute Gasteiger partial charge is 0.325 e. The van der Waals surface area contributed by atoms with Gasteiger partial charge in [0.15, 0.2) is 0 Å². The number of rotatable bonds is 1. The van der Waals surface area contributed by atoms with Gasteiger partial charge in [-0.2, -0.15) is 5.10 Å². The van der Waals surface area contributed by atoms with Crippen LogP contribution in [-0.2, 0) is 6.54 Å². The molecule has 0 aliphatic carbocycles. The summed E-state index contributed by atoms with van der Waals surface area (Å²) in [6.45, 7) is 0.493. The van der Waals surface area contributed by atoms with Gasteiger partial charge in [-0.1, -0.05) is 12.1 Å². The molecule has 4 heteroatoms. The first-order chi connectivity index (χ1) is 5.83. The molecule has 1 aromatic heterocycles. The Morgan fingerprint density at radius 1 is 1.50 bits per heavy atom. The first-order valence-corrected chi connectivity index (χ1v) is 4.44. The molecule has 12 heavy (non-hydrogen) atoms. The van der Waals surface area contributed by atoms with E-state index >= 15 is 0 Å². The Morgan fingerprint density at radius 2 is 2.33 bits per heavy atom. The van der Waals surface area contributed by atoms with Crippen molar-refractivity contribution in [1.82, 2.24) is 10.2 Å². The van der Waals surface area contributed by atoms with Crippen LogP contribution in [-0.4, -0.2) is 10.2 Å². The normalized spacial score (nSPS) is 10.8. The van der Waals surface area contributed by atoms with Crippen molar-refractivity contribution >= 4 is 26.8 Å². The second-order valence-electron chi connectivity index (χ2n) is 2.54. The highest BCUT2D eigenvalue weighted by atomic mass is 79.9. The molecule has 0 saturated heterocycles. The van der Waals surface area contributed by atoms with Gasteiger partial charge in [-0.05, 0) is 22.0 Å². The topological polar surface area (TPSA) is 54.7 Å². The lowest BCUT2D eigenvalue weighted by atomic mass is 10.2. The lowest BCUT2D eigenvalue weighted by Gasteiger charge is -1.92. The Balaban J connectivity index is 2.80. The fraction of sp³-hybridized carbons (Fsp3) is 0.125. The molecule has 0 fully saturated rings. The van der Waals surface area contributed by atoms with Gasteiger partial charge in [-0.25, -0.2) is 0 Å². The highest BCUT2D eigenvalue weighted by molar-refractivity contribution is 9.10. The number of nitrogens with one attached hydrogen (secondary N) is 1. The van der Waals surface area contributed by atoms with E-state index in [0.29, 0.717) is 6.54 Å². The van der Waals surface area contributed by atoms with Crippen molar-refractivity contribution in [1.29, 1.82) is 0 Å². The van der Waals surface area contributed by atoms with E-state index < -0.39 is 0 Å². The molecule has 0 radical (unpaired) electrons. The number of hydrogen-bond donors (Lipinski definition) is 2. The Bertz CT molecular complexity index is 408. The number of hydrogen-bond acceptors (Lipinski definition) is 2. The third kappa shape index (κ3) is 1.04. The number of benzene rings is 1. The first kappa shape index (κ1) is 7.76. The Kier molecular flexibility index (Phi) is 1.86. The van der Waals surface area contributed by atoms with Gasteiger partial charge in [-0.3, -0.25) is 5.10 Å². The predicted octanol–water partition coefficient (Wildman–Crippen LogP) is 1.78. The maximum absolute atomic E-state index is 5.52. The summed E-state index contributed by atoms with van der Waals surface area (Å²) >= 11 is 3.42. The van der Waals surface area contributed by atoms with E-state index in [1.165, 1.54) is 0 Å². The molecule has 3 nitrogen and oxygen atoms in total. The maximum atomic E-state index is 5.52. The lowest BCUT2D eigenvalue weighted by Crippen LogP contribution is -1.96. The third-order valence-electron chi connectivity index (χ3n) is 1.82. The van der Waals surface area contributed by atoms with Crippen molar-refractivity contribution < 1.29 is 0 Å². The molecule has 2 rings (SSSR count). The van der Waals surface area contributed by atoms with Crippen molar-refractivity contribution in [2.24, 2.45) is 5.73 Å². The van der Waals surface area contributed by atoms with Crippen molar-refractivity contribution in [3.63, 3.8) is 0 Å². The molecule has 0 aliphatic heterocycles. The number of para-hydroxylation sites is 1. The molecule has 2 aromatic rings. The highest BCUT2D eigenvalue weighted by Crippen LogP contribution is 2.23. The fourth-order valence-corrected chi connectivity index (χ4v) is 1.67. The number of fused-ring (bicyclic) bond motifs is 1. The third-order valence-corrected chi connectivity index (χ3v) is 2.46. The molecular weight excluding hydrogens is 218 g/mol. The predicted molar refractivity (Wildman–Crippen MR) is 51.7 cm³/mol. The summed E-state index contributed by atoms with van der Waals surface area (Å²) in [4.78, 5) is 0. The van der Waals surface area contributed by atoms with Crippen LogP contribution in [0.4, 0.5) is 0 Å². The van der Waals surface area contributed by atoms with Gasteiger partial charge in [0.2, 0.25) is 0 Å². The monoisotopic (exact) mass is 225 g/mol. The van der Waals surface area contributed by atoms with Gasteiger partial charge < -0.3 is 5.73 Å². The average Bonchev–Trinajstić information content (AvgIpc) is 2.49. The van der Waals surface area contributed by atoms with E-state index in [-0.39, 0.29) is 0 Å². The summed E-state index contributed by atoms with van der Waals surface area (Å²) in [6.07, 6.45) is 0. The first-order valence-electron chi connectivity index (χ1n) is 3.64. The minimum atomic E-state index is 0.493. The van der Waals surface area contributed by atoms with Gasteiger partial charge in [0, 0.05) is 16.4 Å². The Labute approximate surface area is 78.1 Å². The number of H-pyrrole nitrogens is 1. The summed E-state index contributed by atoms with van der Waals surface area (Å²) in [5.74, 6) is 0. The van der Waals surface area contributed by atoms with Crippen molar-refractivity contribution in [2.75, 3.05) is 0 Å². The fourth-order valence-electron chi connectivity index (χ4n) is 1.21. The van der Waals surface area contributed by atoms with Crippen LogP contribution in [0.25, 0.3) is 10.9 Å². The summed E-state index contributed by atoms with van der Waals surface area (Å²) in [5, 5.41) is 8.13. The van der Waals surface area contributed by atoms with E-state index in [1.54, 1.807) is 0 Å². The second-order valence-corrected chi connectivity index (χ2v) is 3.40. The van der Waals surface area contributed by atoms with E-state index in [9.17, 15) is 0 Å². The smallest absolute Gasteiger partial charge is 0.107 e. The van der Waals surface area contributed by atoms with Crippen LogP contribution in [0, 0.1) is 0 Å².